The van der Waals surface area contributed by atoms with Crippen LogP contribution in [0.25, 0.3) is 0 Å². The van der Waals surface area contributed by atoms with Gasteiger partial charge in [0.05, 0.1) is 11.1 Å². The van der Waals surface area contributed by atoms with Crippen LogP contribution in [0.3, 0.4) is 0 Å². The number of nitrogens with zero attached hydrogens (tertiary/aromatic N) is 3. The highest BCUT2D eigenvalue weighted by Crippen LogP contribution is 2.13. The van der Waals surface area contributed by atoms with E-state index in [2.05, 4.69) is 25.6 Å². The zero-order chi connectivity index (χ0) is 13.7. The van der Waals surface area contributed by atoms with Crippen LogP contribution in [0.1, 0.15) is 24.5 Å². The first-order valence-corrected chi connectivity index (χ1v) is 7.15. The van der Waals surface area contributed by atoms with Crippen molar-refractivity contribution in [2.75, 3.05) is 11.9 Å². The Balaban J connectivity index is 1.85. The van der Waals surface area contributed by atoms with Crippen LogP contribution >= 0.6 is 11.3 Å². The standard InChI is InChI=1S/C13H18N4OS/c1-9(2)18-12-6-11(15-8-16-12)14-5-4-13-17-10(3)7-19-13/h6-9H,4-5H2,1-3H3,(H,14,15,16). The molecular formula is C13H18N4OS. The first-order valence-electron chi connectivity index (χ1n) is 6.27. The summed E-state index contributed by atoms with van der Waals surface area (Å²) in [6.45, 7) is 6.75. The van der Waals surface area contributed by atoms with E-state index in [9.17, 15) is 0 Å². The summed E-state index contributed by atoms with van der Waals surface area (Å²) in [6.07, 6.45) is 2.51. The average molecular weight is 278 g/mol. The van der Waals surface area contributed by atoms with Gasteiger partial charge < -0.3 is 10.1 Å². The number of thiazole rings is 1. The first kappa shape index (κ1) is 13.7. The summed E-state index contributed by atoms with van der Waals surface area (Å²) in [5.74, 6) is 1.37. The number of hydrogen-bond acceptors (Lipinski definition) is 6. The molecule has 6 heteroatoms. The van der Waals surface area contributed by atoms with Crippen molar-refractivity contribution in [3.8, 4) is 5.88 Å². The lowest BCUT2D eigenvalue weighted by Crippen LogP contribution is -2.09. The lowest BCUT2D eigenvalue weighted by molar-refractivity contribution is 0.232. The molecule has 2 rings (SSSR count). The molecular weight excluding hydrogens is 260 g/mol. The molecule has 0 saturated heterocycles. The highest BCUT2D eigenvalue weighted by molar-refractivity contribution is 7.09. The minimum Gasteiger partial charge on any atom is -0.475 e. The van der Waals surface area contributed by atoms with E-state index in [1.807, 2.05) is 26.8 Å². The summed E-state index contributed by atoms with van der Waals surface area (Å²) in [7, 11) is 0. The van der Waals surface area contributed by atoms with Gasteiger partial charge in [-0.2, -0.15) is 0 Å². The summed E-state index contributed by atoms with van der Waals surface area (Å²) < 4.78 is 5.52. The highest BCUT2D eigenvalue weighted by atomic mass is 32.1. The molecule has 0 aliphatic heterocycles. The Bertz CT molecular complexity index is 527. The normalized spacial score (nSPS) is 10.7. The van der Waals surface area contributed by atoms with Crippen LogP contribution in [0.15, 0.2) is 17.8 Å². The SMILES string of the molecule is Cc1csc(CCNc2cc(OC(C)C)ncn2)n1. The van der Waals surface area contributed by atoms with Crippen molar-refractivity contribution in [3.05, 3.63) is 28.5 Å². The van der Waals surface area contributed by atoms with Gasteiger partial charge in [-0.25, -0.2) is 15.0 Å². The maximum absolute atomic E-state index is 5.52. The summed E-state index contributed by atoms with van der Waals surface area (Å²) in [5, 5.41) is 6.45. The Hall–Kier alpha value is -1.69. The Morgan fingerprint density at radius 1 is 1.37 bits per heavy atom. The molecule has 2 aromatic rings. The molecule has 0 aliphatic carbocycles. The Morgan fingerprint density at radius 2 is 2.21 bits per heavy atom. The number of rotatable bonds is 6. The molecule has 2 aromatic heterocycles. The number of anilines is 1. The molecule has 0 amide bonds. The Kier molecular flexibility index (Phi) is 4.68. The van der Waals surface area contributed by atoms with Crippen molar-refractivity contribution >= 4 is 17.2 Å². The number of hydrogen-bond donors (Lipinski definition) is 1. The van der Waals surface area contributed by atoms with Gasteiger partial charge in [0, 0.05) is 30.1 Å². The predicted octanol–water partition coefficient (Wildman–Crippen LogP) is 2.68. The van der Waals surface area contributed by atoms with E-state index in [0.29, 0.717) is 5.88 Å². The molecule has 0 atom stereocenters. The average Bonchev–Trinajstić information content (AvgIpc) is 2.75. The van der Waals surface area contributed by atoms with Crippen molar-refractivity contribution in [1.82, 2.24) is 15.0 Å². The zero-order valence-electron chi connectivity index (χ0n) is 11.4. The summed E-state index contributed by atoms with van der Waals surface area (Å²) in [4.78, 5) is 12.6. The van der Waals surface area contributed by atoms with Crippen molar-refractivity contribution in [2.45, 2.75) is 33.3 Å². The molecule has 0 saturated carbocycles. The molecule has 2 heterocycles. The van der Waals surface area contributed by atoms with Gasteiger partial charge in [0.2, 0.25) is 5.88 Å². The van der Waals surface area contributed by atoms with Crippen molar-refractivity contribution in [1.29, 1.82) is 0 Å². The number of aryl methyl sites for hydroxylation is 1. The van der Waals surface area contributed by atoms with E-state index in [-0.39, 0.29) is 6.10 Å². The van der Waals surface area contributed by atoms with E-state index in [1.54, 1.807) is 11.3 Å². The monoisotopic (exact) mass is 278 g/mol. The van der Waals surface area contributed by atoms with Crippen LogP contribution in [-0.2, 0) is 6.42 Å². The predicted molar refractivity (Wildman–Crippen MR) is 76.8 cm³/mol. The molecule has 0 spiro atoms. The van der Waals surface area contributed by atoms with Gasteiger partial charge in [-0.1, -0.05) is 0 Å². The third-order valence-electron chi connectivity index (χ3n) is 2.31. The number of ether oxygens (including phenoxy) is 1. The maximum atomic E-state index is 5.52. The van der Waals surface area contributed by atoms with Gasteiger partial charge in [-0.3, -0.25) is 0 Å². The van der Waals surface area contributed by atoms with E-state index >= 15 is 0 Å². The molecule has 0 unspecified atom stereocenters. The Morgan fingerprint density at radius 3 is 2.89 bits per heavy atom. The lowest BCUT2D eigenvalue weighted by Gasteiger charge is -2.09. The zero-order valence-corrected chi connectivity index (χ0v) is 12.2. The smallest absolute Gasteiger partial charge is 0.218 e. The minimum atomic E-state index is 0.112. The van der Waals surface area contributed by atoms with Crippen LogP contribution < -0.4 is 10.1 Å². The van der Waals surface area contributed by atoms with Crippen LogP contribution in [0.2, 0.25) is 0 Å². The van der Waals surface area contributed by atoms with Gasteiger partial charge in [0.25, 0.3) is 0 Å². The third-order valence-corrected chi connectivity index (χ3v) is 3.34. The van der Waals surface area contributed by atoms with Crippen molar-refractivity contribution < 1.29 is 4.74 Å². The van der Waals surface area contributed by atoms with Crippen LogP contribution in [-0.4, -0.2) is 27.6 Å². The van der Waals surface area contributed by atoms with Gasteiger partial charge in [-0.05, 0) is 20.8 Å². The highest BCUT2D eigenvalue weighted by Gasteiger charge is 2.03. The summed E-state index contributed by atoms with van der Waals surface area (Å²) >= 11 is 1.69. The van der Waals surface area contributed by atoms with Crippen molar-refractivity contribution in [2.24, 2.45) is 0 Å². The van der Waals surface area contributed by atoms with Gasteiger partial charge >= 0.3 is 0 Å². The summed E-state index contributed by atoms with van der Waals surface area (Å²) in [6, 6.07) is 1.81. The van der Waals surface area contributed by atoms with E-state index in [1.165, 1.54) is 6.33 Å². The fourth-order valence-corrected chi connectivity index (χ4v) is 2.33. The van der Waals surface area contributed by atoms with Crippen molar-refractivity contribution in [3.63, 3.8) is 0 Å². The fraction of sp³-hybridized carbons (Fsp3) is 0.462. The van der Waals surface area contributed by atoms with E-state index < -0.39 is 0 Å². The molecule has 0 radical (unpaired) electrons. The maximum Gasteiger partial charge on any atom is 0.218 e. The molecule has 0 aliphatic rings. The number of aromatic nitrogens is 3. The van der Waals surface area contributed by atoms with Gasteiger partial charge in [0.15, 0.2) is 0 Å². The fourth-order valence-electron chi connectivity index (χ4n) is 1.56. The van der Waals surface area contributed by atoms with Gasteiger partial charge in [-0.15, -0.1) is 11.3 Å². The lowest BCUT2D eigenvalue weighted by atomic mass is 10.4. The molecule has 0 aromatic carbocycles. The third kappa shape index (κ3) is 4.48. The molecule has 19 heavy (non-hydrogen) atoms. The van der Waals surface area contributed by atoms with Gasteiger partial charge in [0.1, 0.15) is 12.1 Å². The summed E-state index contributed by atoms with van der Waals surface area (Å²) in [5.41, 5.74) is 1.08. The van der Waals surface area contributed by atoms with E-state index in [4.69, 9.17) is 4.74 Å². The van der Waals surface area contributed by atoms with Crippen LogP contribution in [0, 0.1) is 6.92 Å². The quantitative estimate of drug-likeness (QED) is 0.880. The van der Waals surface area contributed by atoms with Crippen LogP contribution in [0.5, 0.6) is 5.88 Å². The molecule has 0 bridgehead atoms. The minimum absolute atomic E-state index is 0.112. The van der Waals surface area contributed by atoms with E-state index in [0.717, 1.165) is 29.5 Å². The first-order chi connectivity index (χ1) is 9.13. The topological polar surface area (TPSA) is 59.9 Å². The molecule has 5 nitrogen and oxygen atoms in total. The number of nitrogens with one attached hydrogen (secondary N) is 1. The second kappa shape index (κ2) is 6.47. The molecule has 102 valence electrons. The molecule has 0 fully saturated rings. The largest absolute Gasteiger partial charge is 0.475 e. The molecule has 1 N–H and O–H groups in total. The second-order valence-corrected chi connectivity index (χ2v) is 5.41. The second-order valence-electron chi connectivity index (χ2n) is 4.47. The van der Waals surface area contributed by atoms with Crippen LogP contribution in [0.4, 0.5) is 5.82 Å². The Labute approximate surface area is 117 Å².